The van der Waals surface area contributed by atoms with Crippen LogP contribution in [0.1, 0.15) is 18.4 Å². The Morgan fingerprint density at radius 2 is 1.96 bits per heavy atom. The normalized spacial score (nSPS) is 17.0. The minimum Gasteiger partial charge on any atom is -0.377 e. The first-order valence-corrected chi connectivity index (χ1v) is 10.5. The number of carbonyl (C=O) groups is 1. The first-order valence-electron chi connectivity index (χ1n) is 8.52. The van der Waals surface area contributed by atoms with Crippen molar-refractivity contribution in [3.63, 3.8) is 0 Å². The van der Waals surface area contributed by atoms with Gasteiger partial charge in [0.1, 0.15) is 5.82 Å². The fraction of sp³-hybridized carbons (Fsp3) is 0.316. The zero-order valence-electron chi connectivity index (χ0n) is 14.5. The van der Waals surface area contributed by atoms with Crippen molar-refractivity contribution in [3.05, 3.63) is 58.9 Å². The second-order valence-electron chi connectivity index (χ2n) is 6.40. The van der Waals surface area contributed by atoms with Gasteiger partial charge in [-0.25, -0.2) is 12.8 Å². The number of benzene rings is 2. The molecule has 1 unspecified atom stereocenters. The van der Waals surface area contributed by atoms with Crippen molar-refractivity contribution in [2.24, 2.45) is 0 Å². The van der Waals surface area contributed by atoms with Crippen LogP contribution in [0.3, 0.4) is 0 Å². The Kier molecular flexibility index (Phi) is 6.14. The minimum atomic E-state index is -3.44. The SMILES string of the molecule is O=C(Cc1ccc(F)cc1Cl)Nc1ccc(S(=O)(=O)CC2CCCO2)cc1. The third-order valence-corrected chi connectivity index (χ3v) is 6.45. The van der Waals surface area contributed by atoms with Gasteiger partial charge in [0.05, 0.1) is 23.2 Å². The summed E-state index contributed by atoms with van der Waals surface area (Å²) in [4.78, 5) is 12.3. The number of amides is 1. The maximum atomic E-state index is 13.1. The number of carbonyl (C=O) groups excluding carboxylic acids is 1. The van der Waals surface area contributed by atoms with Gasteiger partial charge in [0, 0.05) is 17.3 Å². The predicted octanol–water partition coefficient (Wildman–Crippen LogP) is 3.61. The molecule has 0 spiro atoms. The lowest BCUT2D eigenvalue weighted by molar-refractivity contribution is -0.115. The van der Waals surface area contributed by atoms with Crippen LogP contribution in [-0.2, 0) is 25.8 Å². The van der Waals surface area contributed by atoms with E-state index in [9.17, 15) is 17.6 Å². The van der Waals surface area contributed by atoms with Crippen LogP contribution in [0.15, 0.2) is 47.4 Å². The van der Waals surface area contributed by atoms with Crippen LogP contribution in [0.4, 0.5) is 10.1 Å². The number of anilines is 1. The van der Waals surface area contributed by atoms with Crippen LogP contribution >= 0.6 is 11.6 Å². The van der Waals surface area contributed by atoms with Crippen LogP contribution < -0.4 is 5.32 Å². The van der Waals surface area contributed by atoms with Crippen molar-refractivity contribution in [2.75, 3.05) is 17.7 Å². The summed E-state index contributed by atoms with van der Waals surface area (Å²) < 4.78 is 43.3. The van der Waals surface area contributed by atoms with Gasteiger partial charge in [-0.05, 0) is 54.8 Å². The van der Waals surface area contributed by atoms with E-state index in [1.807, 2.05) is 0 Å². The molecule has 5 nitrogen and oxygen atoms in total. The highest BCUT2D eigenvalue weighted by atomic mass is 35.5. The number of ether oxygens (including phenoxy) is 1. The Balaban J connectivity index is 1.62. The zero-order valence-corrected chi connectivity index (χ0v) is 16.0. The van der Waals surface area contributed by atoms with Gasteiger partial charge in [0.2, 0.25) is 5.91 Å². The summed E-state index contributed by atoms with van der Waals surface area (Å²) in [5.74, 6) is -0.843. The lowest BCUT2D eigenvalue weighted by atomic mass is 10.1. The molecule has 1 amide bonds. The Bertz CT molecular complexity index is 925. The molecule has 1 aliphatic rings. The maximum Gasteiger partial charge on any atom is 0.228 e. The molecule has 3 rings (SSSR count). The van der Waals surface area contributed by atoms with Gasteiger partial charge >= 0.3 is 0 Å². The van der Waals surface area contributed by atoms with E-state index >= 15 is 0 Å². The largest absolute Gasteiger partial charge is 0.377 e. The predicted molar refractivity (Wildman–Crippen MR) is 101 cm³/mol. The molecule has 1 fully saturated rings. The van der Waals surface area contributed by atoms with Crippen molar-refractivity contribution in [3.8, 4) is 0 Å². The monoisotopic (exact) mass is 411 g/mol. The van der Waals surface area contributed by atoms with Crippen LogP contribution in [0.5, 0.6) is 0 Å². The summed E-state index contributed by atoms with van der Waals surface area (Å²) in [6.45, 7) is 0.600. The molecule has 144 valence electrons. The third-order valence-electron chi connectivity index (χ3n) is 4.29. The van der Waals surface area contributed by atoms with Gasteiger partial charge in [-0.3, -0.25) is 4.79 Å². The first-order chi connectivity index (χ1) is 12.8. The second kappa shape index (κ2) is 8.37. The fourth-order valence-electron chi connectivity index (χ4n) is 2.91. The maximum absolute atomic E-state index is 13.1. The Morgan fingerprint density at radius 1 is 1.22 bits per heavy atom. The van der Waals surface area contributed by atoms with E-state index in [0.29, 0.717) is 17.9 Å². The summed E-state index contributed by atoms with van der Waals surface area (Å²) in [5.41, 5.74) is 0.973. The quantitative estimate of drug-likeness (QED) is 0.788. The van der Waals surface area contributed by atoms with Gasteiger partial charge < -0.3 is 10.1 Å². The number of hydrogen-bond acceptors (Lipinski definition) is 4. The summed E-state index contributed by atoms with van der Waals surface area (Å²) in [7, 11) is -3.44. The average Bonchev–Trinajstić information content (AvgIpc) is 3.10. The molecule has 1 saturated heterocycles. The molecule has 1 N–H and O–H groups in total. The minimum absolute atomic E-state index is 0.0157. The molecule has 0 saturated carbocycles. The average molecular weight is 412 g/mol. The van der Waals surface area contributed by atoms with Gasteiger partial charge in [-0.15, -0.1) is 0 Å². The van der Waals surface area contributed by atoms with Gasteiger partial charge in [-0.1, -0.05) is 17.7 Å². The van der Waals surface area contributed by atoms with E-state index in [-0.39, 0.29) is 34.1 Å². The van der Waals surface area contributed by atoms with Crippen LogP contribution in [0, 0.1) is 5.82 Å². The topological polar surface area (TPSA) is 72.5 Å². The van der Waals surface area contributed by atoms with E-state index in [1.54, 1.807) is 0 Å². The molecule has 1 heterocycles. The van der Waals surface area contributed by atoms with Crippen LogP contribution in [0.25, 0.3) is 0 Å². The van der Waals surface area contributed by atoms with Crippen molar-refractivity contribution in [1.82, 2.24) is 0 Å². The molecular weight excluding hydrogens is 393 g/mol. The summed E-state index contributed by atoms with van der Waals surface area (Å²) >= 11 is 5.92. The number of hydrogen-bond donors (Lipinski definition) is 1. The Hall–Kier alpha value is -1.96. The molecule has 0 aromatic heterocycles. The molecule has 1 aliphatic heterocycles. The summed E-state index contributed by atoms with van der Waals surface area (Å²) in [6, 6.07) is 9.84. The van der Waals surface area contributed by atoms with E-state index in [4.69, 9.17) is 16.3 Å². The number of halogens is 2. The van der Waals surface area contributed by atoms with E-state index in [0.717, 1.165) is 18.9 Å². The molecule has 0 radical (unpaired) electrons. The standard InChI is InChI=1S/C19H19ClFNO4S/c20-18-11-14(21)4-3-13(18)10-19(23)22-15-5-7-17(8-6-15)27(24,25)12-16-2-1-9-26-16/h3-8,11,16H,1-2,9-10,12H2,(H,22,23). The van der Waals surface area contributed by atoms with Gasteiger partial charge in [-0.2, -0.15) is 0 Å². The molecule has 2 aromatic rings. The smallest absolute Gasteiger partial charge is 0.228 e. The van der Waals surface area contributed by atoms with Crippen LogP contribution in [-0.4, -0.2) is 32.8 Å². The molecule has 0 bridgehead atoms. The number of sulfone groups is 1. The lowest BCUT2D eigenvalue weighted by Crippen LogP contribution is -2.20. The Morgan fingerprint density at radius 3 is 2.59 bits per heavy atom. The molecule has 2 aromatic carbocycles. The molecule has 0 aliphatic carbocycles. The molecule has 1 atom stereocenters. The Labute approximate surface area is 162 Å². The van der Waals surface area contributed by atoms with Crippen molar-refractivity contribution < 1.29 is 22.3 Å². The number of nitrogens with one attached hydrogen (secondary N) is 1. The lowest BCUT2D eigenvalue weighted by Gasteiger charge is -2.11. The molecule has 8 heteroatoms. The third kappa shape index (κ3) is 5.28. The van der Waals surface area contributed by atoms with Gasteiger partial charge in [0.25, 0.3) is 0 Å². The van der Waals surface area contributed by atoms with Crippen molar-refractivity contribution in [1.29, 1.82) is 0 Å². The zero-order chi connectivity index (χ0) is 19.4. The first kappa shape index (κ1) is 19.8. The van der Waals surface area contributed by atoms with Crippen LogP contribution in [0.2, 0.25) is 5.02 Å². The highest BCUT2D eigenvalue weighted by molar-refractivity contribution is 7.91. The van der Waals surface area contributed by atoms with Gasteiger partial charge in [0.15, 0.2) is 9.84 Å². The van der Waals surface area contributed by atoms with E-state index < -0.39 is 15.7 Å². The van der Waals surface area contributed by atoms with E-state index in [2.05, 4.69) is 5.32 Å². The summed E-state index contributed by atoms with van der Waals surface area (Å²) in [5, 5.41) is 2.85. The molecular formula is C19H19ClFNO4S. The second-order valence-corrected chi connectivity index (χ2v) is 8.84. The highest BCUT2D eigenvalue weighted by Crippen LogP contribution is 2.21. The van der Waals surface area contributed by atoms with E-state index in [1.165, 1.54) is 36.4 Å². The van der Waals surface area contributed by atoms with Crippen molar-refractivity contribution >= 4 is 33.0 Å². The van der Waals surface area contributed by atoms with Crippen molar-refractivity contribution in [2.45, 2.75) is 30.3 Å². The summed E-state index contributed by atoms with van der Waals surface area (Å²) in [6.07, 6.45) is 1.36. The molecule has 27 heavy (non-hydrogen) atoms. The fourth-order valence-corrected chi connectivity index (χ4v) is 4.64. The highest BCUT2D eigenvalue weighted by Gasteiger charge is 2.24. The number of rotatable bonds is 6.